The summed E-state index contributed by atoms with van der Waals surface area (Å²) in [5.41, 5.74) is 1.27. The number of hydrogen-bond acceptors (Lipinski definition) is 4. The van der Waals surface area contributed by atoms with Gasteiger partial charge in [-0.1, -0.05) is 19.8 Å². The lowest BCUT2D eigenvalue weighted by atomic mass is 10.2. The van der Waals surface area contributed by atoms with E-state index in [9.17, 15) is 0 Å². The van der Waals surface area contributed by atoms with Gasteiger partial charge in [0.25, 0.3) is 0 Å². The van der Waals surface area contributed by atoms with Crippen LogP contribution in [-0.2, 0) is 6.54 Å². The predicted octanol–water partition coefficient (Wildman–Crippen LogP) is 3.71. The molecule has 0 spiro atoms. The second-order valence-corrected chi connectivity index (χ2v) is 5.25. The van der Waals surface area contributed by atoms with Crippen molar-refractivity contribution >= 4 is 11.8 Å². The van der Waals surface area contributed by atoms with Gasteiger partial charge < -0.3 is 14.8 Å². The van der Waals surface area contributed by atoms with Gasteiger partial charge in [0.1, 0.15) is 0 Å². The minimum absolute atomic E-state index is 0.793. The van der Waals surface area contributed by atoms with Gasteiger partial charge in [0, 0.05) is 11.4 Å². The van der Waals surface area contributed by atoms with Gasteiger partial charge in [-0.3, -0.25) is 0 Å². The molecule has 0 saturated carbocycles. The lowest BCUT2D eigenvalue weighted by molar-refractivity contribution is 0.353. The van der Waals surface area contributed by atoms with E-state index in [2.05, 4.69) is 24.6 Å². The molecule has 0 aliphatic carbocycles. The molecule has 0 aromatic heterocycles. The Balaban J connectivity index is 2.70. The molecular weight excluding hydrogens is 258 g/mol. The van der Waals surface area contributed by atoms with E-state index in [1.54, 1.807) is 26.0 Å². The SMILES string of the molecule is CCCCCNCc1cc(OC)c(OC)cc1SC. The Labute approximate surface area is 121 Å². The second kappa shape index (κ2) is 9.10. The van der Waals surface area contributed by atoms with Crippen LogP contribution >= 0.6 is 11.8 Å². The summed E-state index contributed by atoms with van der Waals surface area (Å²) in [6.45, 7) is 4.16. The molecule has 0 aliphatic heterocycles. The Kier molecular flexibility index (Phi) is 7.75. The van der Waals surface area contributed by atoms with Crippen molar-refractivity contribution in [1.82, 2.24) is 5.32 Å². The highest BCUT2D eigenvalue weighted by atomic mass is 32.2. The van der Waals surface area contributed by atoms with Gasteiger partial charge in [-0.2, -0.15) is 0 Å². The quantitative estimate of drug-likeness (QED) is 0.553. The Morgan fingerprint density at radius 3 is 2.37 bits per heavy atom. The predicted molar refractivity (Wildman–Crippen MR) is 82.6 cm³/mol. The van der Waals surface area contributed by atoms with Gasteiger partial charge >= 0.3 is 0 Å². The molecule has 0 atom stereocenters. The van der Waals surface area contributed by atoms with Crippen LogP contribution in [0.5, 0.6) is 11.5 Å². The van der Waals surface area contributed by atoms with Crippen LogP contribution in [0.4, 0.5) is 0 Å². The molecule has 0 amide bonds. The van der Waals surface area contributed by atoms with E-state index in [0.717, 1.165) is 24.6 Å². The summed E-state index contributed by atoms with van der Waals surface area (Å²) in [5, 5.41) is 3.49. The first-order valence-corrected chi connectivity index (χ1v) is 7.98. The molecule has 0 heterocycles. The van der Waals surface area contributed by atoms with E-state index in [1.165, 1.54) is 29.7 Å². The lowest BCUT2D eigenvalue weighted by Gasteiger charge is -2.14. The summed E-state index contributed by atoms with van der Waals surface area (Å²) >= 11 is 1.74. The first-order valence-electron chi connectivity index (χ1n) is 6.76. The fourth-order valence-corrected chi connectivity index (χ4v) is 2.57. The largest absolute Gasteiger partial charge is 0.493 e. The third-order valence-electron chi connectivity index (χ3n) is 3.06. The first-order chi connectivity index (χ1) is 9.26. The van der Waals surface area contributed by atoms with Crippen LogP contribution in [0.2, 0.25) is 0 Å². The Morgan fingerprint density at radius 1 is 1.11 bits per heavy atom. The smallest absolute Gasteiger partial charge is 0.161 e. The molecule has 3 nitrogen and oxygen atoms in total. The van der Waals surface area contributed by atoms with Crippen molar-refractivity contribution in [2.45, 2.75) is 37.6 Å². The molecule has 1 rings (SSSR count). The average Bonchev–Trinajstić information content (AvgIpc) is 2.46. The number of benzene rings is 1. The molecular formula is C15H25NO2S. The van der Waals surface area contributed by atoms with Gasteiger partial charge in [-0.25, -0.2) is 0 Å². The second-order valence-electron chi connectivity index (χ2n) is 4.40. The molecule has 19 heavy (non-hydrogen) atoms. The van der Waals surface area contributed by atoms with Gasteiger partial charge in [0.2, 0.25) is 0 Å². The summed E-state index contributed by atoms with van der Waals surface area (Å²) < 4.78 is 10.7. The van der Waals surface area contributed by atoms with Gasteiger partial charge in [0.05, 0.1) is 14.2 Å². The standard InChI is InChI=1S/C15H25NO2S/c1-5-6-7-8-16-11-12-9-13(17-2)14(18-3)10-15(12)19-4/h9-10,16H,5-8,11H2,1-4H3. The molecule has 0 bridgehead atoms. The molecule has 4 heteroatoms. The summed E-state index contributed by atoms with van der Waals surface area (Å²) in [6, 6.07) is 4.12. The van der Waals surface area contributed by atoms with Gasteiger partial charge in [-0.05, 0) is 36.9 Å². The third kappa shape index (κ3) is 4.96. The van der Waals surface area contributed by atoms with Crippen LogP contribution in [0.3, 0.4) is 0 Å². The van der Waals surface area contributed by atoms with Crippen molar-refractivity contribution in [3.8, 4) is 11.5 Å². The Hall–Kier alpha value is -0.870. The number of rotatable bonds is 9. The van der Waals surface area contributed by atoms with Crippen LogP contribution in [-0.4, -0.2) is 27.0 Å². The van der Waals surface area contributed by atoms with E-state index >= 15 is 0 Å². The maximum Gasteiger partial charge on any atom is 0.161 e. The van der Waals surface area contributed by atoms with Gasteiger partial charge in [-0.15, -0.1) is 11.8 Å². The van der Waals surface area contributed by atoms with E-state index in [-0.39, 0.29) is 0 Å². The number of ether oxygens (including phenoxy) is 2. The van der Waals surface area contributed by atoms with Crippen LogP contribution in [0, 0.1) is 0 Å². The maximum atomic E-state index is 5.36. The van der Waals surface area contributed by atoms with Crippen molar-refractivity contribution < 1.29 is 9.47 Å². The van der Waals surface area contributed by atoms with Crippen LogP contribution in [0.1, 0.15) is 31.7 Å². The topological polar surface area (TPSA) is 30.5 Å². The zero-order chi connectivity index (χ0) is 14.1. The molecule has 1 aromatic carbocycles. The molecule has 0 saturated heterocycles. The molecule has 1 aromatic rings. The number of unbranched alkanes of at least 4 members (excludes halogenated alkanes) is 2. The zero-order valence-corrected chi connectivity index (χ0v) is 13.2. The van der Waals surface area contributed by atoms with Crippen LogP contribution in [0.15, 0.2) is 17.0 Å². The Morgan fingerprint density at radius 2 is 1.79 bits per heavy atom. The molecule has 0 unspecified atom stereocenters. The summed E-state index contributed by atoms with van der Waals surface area (Å²) in [5.74, 6) is 1.59. The fourth-order valence-electron chi connectivity index (χ4n) is 1.95. The number of hydrogen-bond donors (Lipinski definition) is 1. The molecule has 0 aliphatic rings. The number of thioether (sulfide) groups is 1. The summed E-state index contributed by atoms with van der Waals surface area (Å²) in [7, 11) is 3.35. The highest BCUT2D eigenvalue weighted by Gasteiger charge is 2.10. The van der Waals surface area contributed by atoms with E-state index < -0.39 is 0 Å². The third-order valence-corrected chi connectivity index (χ3v) is 3.88. The highest BCUT2D eigenvalue weighted by molar-refractivity contribution is 7.98. The molecule has 0 radical (unpaired) electrons. The summed E-state index contributed by atoms with van der Waals surface area (Å²) in [6.07, 6.45) is 5.86. The molecule has 0 fully saturated rings. The number of methoxy groups -OCH3 is 2. The van der Waals surface area contributed by atoms with Crippen molar-refractivity contribution in [1.29, 1.82) is 0 Å². The highest BCUT2D eigenvalue weighted by Crippen LogP contribution is 2.34. The molecule has 1 N–H and O–H groups in total. The van der Waals surface area contributed by atoms with Crippen molar-refractivity contribution in [2.75, 3.05) is 27.0 Å². The average molecular weight is 283 g/mol. The van der Waals surface area contributed by atoms with Gasteiger partial charge in [0.15, 0.2) is 11.5 Å². The number of nitrogens with one attached hydrogen (secondary N) is 1. The monoisotopic (exact) mass is 283 g/mol. The molecule has 108 valence electrons. The first kappa shape index (κ1) is 16.2. The van der Waals surface area contributed by atoms with Crippen molar-refractivity contribution in [2.24, 2.45) is 0 Å². The van der Waals surface area contributed by atoms with Crippen LogP contribution < -0.4 is 14.8 Å². The Bertz CT molecular complexity index is 383. The zero-order valence-electron chi connectivity index (χ0n) is 12.4. The minimum atomic E-state index is 0.793. The van der Waals surface area contributed by atoms with Crippen molar-refractivity contribution in [3.05, 3.63) is 17.7 Å². The fraction of sp³-hybridized carbons (Fsp3) is 0.600. The van der Waals surface area contributed by atoms with E-state index in [4.69, 9.17) is 9.47 Å². The maximum absolute atomic E-state index is 5.36. The normalized spacial score (nSPS) is 10.5. The summed E-state index contributed by atoms with van der Waals surface area (Å²) in [4.78, 5) is 1.24. The lowest BCUT2D eigenvalue weighted by Crippen LogP contribution is -2.15. The van der Waals surface area contributed by atoms with E-state index in [0.29, 0.717) is 0 Å². The van der Waals surface area contributed by atoms with Crippen molar-refractivity contribution in [3.63, 3.8) is 0 Å². The van der Waals surface area contributed by atoms with Crippen LogP contribution in [0.25, 0.3) is 0 Å². The minimum Gasteiger partial charge on any atom is -0.493 e. The van der Waals surface area contributed by atoms with E-state index in [1.807, 2.05) is 6.07 Å².